The number of anilines is 1. The lowest BCUT2D eigenvalue weighted by atomic mass is 10.1. The van der Waals surface area contributed by atoms with Crippen LogP contribution < -0.4 is 10.6 Å². The van der Waals surface area contributed by atoms with Gasteiger partial charge < -0.3 is 10.6 Å². The summed E-state index contributed by atoms with van der Waals surface area (Å²) in [4.78, 5) is 11.6. The lowest BCUT2D eigenvalue weighted by Crippen LogP contribution is -2.18. The average Bonchev–Trinajstić information content (AvgIpc) is 2.87. The minimum absolute atomic E-state index is 0.0427. The zero-order valence-electron chi connectivity index (χ0n) is 11.6. The second kappa shape index (κ2) is 5.96. The molecule has 0 bridgehead atoms. The standard InChI is InChI=1S/C14H17ClN4O/c1-9(11-7-17-19(3)8-11)18-13-6-10(14(20)16-2)4-5-12(13)15/h4-9,18H,1-3H3,(H,16,20). The van der Waals surface area contributed by atoms with Gasteiger partial charge in [0.15, 0.2) is 0 Å². The molecule has 0 fully saturated rings. The lowest BCUT2D eigenvalue weighted by molar-refractivity contribution is 0.0963. The van der Waals surface area contributed by atoms with Gasteiger partial charge in [0, 0.05) is 31.4 Å². The first-order valence-corrected chi connectivity index (χ1v) is 6.65. The Morgan fingerprint density at radius 3 is 2.80 bits per heavy atom. The highest BCUT2D eigenvalue weighted by molar-refractivity contribution is 6.33. The van der Waals surface area contributed by atoms with E-state index in [0.29, 0.717) is 10.6 Å². The molecule has 1 aromatic carbocycles. The van der Waals surface area contributed by atoms with E-state index in [1.54, 1.807) is 36.1 Å². The Bertz CT molecular complexity index is 623. The molecule has 0 radical (unpaired) electrons. The molecule has 2 rings (SSSR count). The third-order valence-electron chi connectivity index (χ3n) is 3.05. The number of amides is 1. The second-order valence-electron chi connectivity index (χ2n) is 4.59. The summed E-state index contributed by atoms with van der Waals surface area (Å²) in [6, 6.07) is 5.20. The first-order chi connectivity index (χ1) is 9.51. The van der Waals surface area contributed by atoms with E-state index in [9.17, 15) is 4.79 Å². The van der Waals surface area contributed by atoms with Gasteiger partial charge in [0.1, 0.15) is 0 Å². The highest BCUT2D eigenvalue weighted by atomic mass is 35.5. The summed E-state index contributed by atoms with van der Waals surface area (Å²) in [6.07, 6.45) is 3.74. The normalized spacial score (nSPS) is 12.0. The molecule has 5 nitrogen and oxygen atoms in total. The summed E-state index contributed by atoms with van der Waals surface area (Å²) in [5.74, 6) is -0.140. The highest BCUT2D eigenvalue weighted by Gasteiger charge is 2.12. The van der Waals surface area contributed by atoms with Crippen LogP contribution in [0.5, 0.6) is 0 Å². The van der Waals surface area contributed by atoms with Crippen LogP contribution in [0.15, 0.2) is 30.6 Å². The first-order valence-electron chi connectivity index (χ1n) is 6.28. The molecule has 0 aliphatic rings. The van der Waals surface area contributed by atoms with Crippen molar-refractivity contribution in [3.8, 4) is 0 Å². The number of aryl methyl sites for hydroxylation is 1. The summed E-state index contributed by atoms with van der Waals surface area (Å²) in [5.41, 5.74) is 2.34. The zero-order valence-corrected chi connectivity index (χ0v) is 12.4. The Morgan fingerprint density at radius 2 is 2.20 bits per heavy atom. The molecule has 1 unspecified atom stereocenters. The maximum atomic E-state index is 11.6. The Morgan fingerprint density at radius 1 is 1.45 bits per heavy atom. The van der Waals surface area contributed by atoms with E-state index in [4.69, 9.17) is 11.6 Å². The van der Waals surface area contributed by atoms with Crippen molar-refractivity contribution < 1.29 is 4.79 Å². The number of halogens is 1. The zero-order chi connectivity index (χ0) is 14.7. The molecule has 20 heavy (non-hydrogen) atoms. The van der Waals surface area contributed by atoms with Gasteiger partial charge in [-0.2, -0.15) is 5.10 Å². The molecule has 1 amide bonds. The number of benzene rings is 1. The van der Waals surface area contributed by atoms with E-state index in [2.05, 4.69) is 15.7 Å². The summed E-state index contributed by atoms with van der Waals surface area (Å²) in [5, 5.41) is 10.6. The predicted molar refractivity (Wildman–Crippen MR) is 80.1 cm³/mol. The third kappa shape index (κ3) is 3.11. The van der Waals surface area contributed by atoms with E-state index in [1.807, 2.05) is 20.2 Å². The third-order valence-corrected chi connectivity index (χ3v) is 3.38. The van der Waals surface area contributed by atoms with Crippen molar-refractivity contribution in [2.24, 2.45) is 7.05 Å². The van der Waals surface area contributed by atoms with Crippen LogP contribution in [-0.4, -0.2) is 22.7 Å². The van der Waals surface area contributed by atoms with Crippen LogP contribution in [-0.2, 0) is 7.05 Å². The van der Waals surface area contributed by atoms with Crippen molar-refractivity contribution in [2.75, 3.05) is 12.4 Å². The Kier molecular flexibility index (Phi) is 4.29. The fourth-order valence-electron chi connectivity index (χ4n) is 1.90. The molecular formula is C14H17ClN4O. The first kappa shape index (κ1) is 14.4. The molecule has 2 N–H and O–H groups in total. The van der Waals surface area contributed by atoms with Crippen LogP contribution in [0.25, 0.3) is 0 Å². The van der Waals surface area contributed by atoms with E-state index < -0.39 is 0 Å². The Hall–Kier alpha value is -2.01. The highest BCUT2D eigenvalue weighted by Crippen LogP contribution is 2.27. The summed E-state index contributed by atoms with van der Waals surface area (Å²) in [7, 11) is 3.47. The number of carbonyl (C=O) groups is 1. The van der Waals surface area contributed by atoms with Crippen molar-refractivity contribution in [3.05, 3.63) is 46.7 Å². The fraction of sp³-hybridized carbons (Fsp3) is 0.286. The van der Waals surface area contributed by atoms with Crippen LogP contribution in [0.4, 0.5) is 5.69 Å². The van der Waals surface area contributed by atoms with Gasteiger partial charge in [-0.3, -0.25) is 9.48 Å². The number of carbonyl (C=O) groups excluding carboxylic acids is 1. The SMILES string of the molecule is CNC(=O)c1ccc(Cl)c(NC(C)c2cnn(C)c2)c1. The van der Waals surface area contributed by atoms with Crippen LogP contribution in [0.1, 0.15) is 28.9 Å². The molecular weight excluding hydrogens is 276 g/mol. The summed E-state index contributed by atoms with van der Waals surface area (Å²) < 4.78 is 1.75. The van der Waals surface area contributed by atoms with Gasteiger partial charge in [0.2, 0.25) is 0 Å². The summed E-state index contributed by atoms with van der Waals surface area (Å²) in [6.45, 7) is 2.01. The topological polar surface area (TPSA) is 59.0 Å². The molecule has 0 saturated heterocycles. The van der Waals surface area contributed by atoms with Crippen molar-refractivity contribution in [3.63, 3.8) is 0 Å². The van der Waals surface area contributed by atoms with E-state index >= 15 is 0 Å². The maximum Gasteiger partial charge on any atom is 0.251 e. The molecule has 0 saturated carbocycles. The minimum Gasteiger partial charge on any atom is -0.377 e. The van der Waals surface area contributed by atoms with Gasteiger partial charge in [-0.15, -0.1) is 0 Å². The van der Waals surface area contributed by atoms with Crippen LogP contribution in [0.3, 0.4) is 0 Å². The second-order valence-corrected chi connectivity index (χ2v) is 4.99. The average molecular weight is 293 g/mol. The molecule has 2 aromatic rings. The number of nitrogens with zero attached hydrogens (tertiary/aromatic N) is 2. The van der Waals surface area contributed by atoms with Gasteiger partial charge in [0.05, 0.1) is 22.9 Å². The minimum atomic E-state index is -0.140. The quantitative estimate of drug-likeness (QED) is 0.911. The summed E-state index contributed by atoms with van der Waals surface area (Å²) >= 11 is 6.17. The molecule has 106 valence electrons. The largest absolute Gasteiger partial charge is 0.377 e. The van der Waals surface area contributed by atoms with Crippen LogP contribution in [0, 0.1) is 0 Å². The molecule has 0 spiro atoms. The Balaban J connectivity index is 2.22. The van der Waals surface area contributed by atoms with Crippen molar-refractivity contribution in [2.45, 2.75) is 13.0 Å². The van der Waals surface area contributed by atoms with Gasteiger partial charge in [-0.25, -0.2) is 0 Å². The number of nitrogens with one attached hydrogen (secondary N) is 2. The molecule has 1 atom stereocenters. The number of aromatic nitrogens is 2. The predicted octanol–water partition coefficient (Wildman–Crippen LogP) is 2.61. The van der Waals surface area contributed by atoms with Crippen molar-refractivity contribution >= 4 is 23.2 Å². The smallest absolute Gasteiger partial charge is 0.251 e. The van der Waals surface area contributed by atoms with Gasteiger partial charge in [-0.05, 0) is 25.1 Å². The van der Waals surface area contributed by atoms with Gasteiger partial charge in [0.25, 0.3) is 5.91 Å². The molecule has 6 heteroatoms. The molecule has 1 heterocycles. The fourth-order valence-corrected chi connectivity index (χ4v) is 2.07. The van der Waals surface area contributed by atoms with E-state index in [1.165, 1.54) is 0 Å². The van der Waals surface area contributed by atoms with Crippen LogP contribution in [0.2, 0.25) is 5.02 Å². The van der Waals surface area contributed by atoms with Crippen LogP contribution >= 0.6 is 11.6 Å². The van der Waals surface area contributed by atoms with E-state index in [0.717, 1.165) is 11.3 Å². The number of hydrogen-bond acceptors (Lipinski definition) is 3. The molecule has 0 aliphatic carbocycles. The maximum absolute atomic E-state index is 11.6. The molecule has 1 aromatic heterocycles. The van der Waals surface area contributed by atoms with Crippen molar-refractivity contribution in [1.29, 1.82) is 0 Å². The Labute approximate surface area is 122 Å². The number of hydrogen-bond donors (Lipinski definition) is 2. The van der Waals surface area contributed by atoms with Crippen molar-refractivity contribution in [1.82, 2.24) is 15.1 Å². The monoisotopic (exact) mass is 292 g/mol. The molecule has 0 aliphatic heterocycles. The number of rotatable bonds is 4. The lowest BCUT2D eigenvalue weighted by Gasteiger charge is -2.15. The van der Waals surface area contributed by atoms with E-state index in [-0.39, 0.29) is 11.9 Å². The van der Waals surface area contributed by atoms with Gasteiger partial charge >= 0.3 is 0 Å². The van der Waals surface area contributed by atoms with Gasteiger partial charge in [-0.1, -0.05) is 11.6 Å².